The standard InChI is InChI=1S/C3H8O7S2/c4-3(1-11-10-9-5)2-12(6,7)8/h3-5H,1-2H2,(H,6,7,8). The van der Waals surface area contributed by atoms with Crippen LogP contribution in [-0.2, 0) is 19.5 Å². The average Bonchev–Trinajstić information content (AvgIpc) is 1.84. The number of rotatable bonds is 6. The predicted molar refractivity (Wildman–Crippen MR) is 39.7 cm³/mol. The van der Waals surface area contributed by atoms with E-state index in [-0.39, 0.29) is 5.75 Å². The van der Waals surface area contributed by atoms with Gasteiger partial charge in [-0.05, 0) is 0 Å². The summed E-state index contributed by atoms with van der Waals surface area (Å²) in [6.45, 7) is 0. The monoisotopic (exact) mass is 220 g/mol. The average molecular weight is 220 g/mol. The summed E-state index contributed by atoms with van der Waals surface area (Å²) in [5.41, 5.74) is 0. The molecule has 0 amide bonds. The first kappa shape index (κ1) is 12.1. The topological polar surface area (TPSA) is 113 Å². The van der Waals surface area contributed by atoms with E-state index in [1.54, 1.807) is 0 Å². The highest BCUT2D eigenvalue weighted by molar-refractivity contribution is 7.94. The van der Waals surface area contributed by atoms with Gasteiger partial charge in [0.25, 0.3) is 10.1 Å². The van der Waals surface area contributed by atoms with Crippen molar-refractivity contribution in [1.82, 2.24) is 0 Å². The van der Waals surface area contributed by atoms with E-state index in [1.807, 2.05) is 0 Å². The molecule has 12 heavy (non-hydrogen) atoms. The molecule has 74 valence electrons. The summed E-state index contributed by atoms with van der Waals surface area (Å²) >= 11 is 0.504. The number of aliphatic hydroxyl groups is 1. The molecule has 0 aromatic carbocycles. The number of aliphatic hydroxyl groups excluding tert-OH is 1. The summed E-state index contributed by atoms with van der Waals surface area (Å²) in [6.07, 6.45) is -1.28. The lowest BCUT2D eigenvalue weighted by atomic mass is 10.5. The number of hydrogen-bond acceptors (Lipinski definition) is 7. The Kier molecular flexibility index (Phi) is 5.74. The molecule has 0 bridgehead atoms. The molecular formula is C3H8O7S2. The zero-order valence-electron chi connectivity index (χ0n) is 5.78. The molecule has 0 aliphatic rings. The van der Waals surface area contributed by atoms with Crippen LogP contribution in [0.4, 0.5) is 0 Å². The van der Waals surface area contributed by atoms with E-state index in [2.05, 4.69) is 9.37 Å². The van der Waals surface area contributed by atoms with Gasteiger partial charge in [0.1, 0.15) is 5.75 Å². The fraction of sp³-hybridized carbons (Fsp3) is 1.00. The minimum absolute atomic E-state index is 0.152. The van der Waals surface area contributed by atoms with Gasteiger partial charge >= 0.3 is 0 Å². The van der Waals surface area contributed by atoms with Crippen molar-refractivity contribution >= 4 is 22.2 Å². The van der Waals surface area contributed by atoms with Gasteiger partial charge in [0.05, 0.1) is 11.9 Å². The maximum atomic E-state index is 10.1. The van der Waals surface area contributed by atoms with Crippen LogP contribution in [0.25, 0.3) is 0 Å². The molecule has 1 unspecified atom stereocenters. The highest BCUT2D eigenvalue weighted by Crippen LogP contribution is 2.05. The van der Waals surface area contributed by atoms with Crippen LogP contribution < -0.4 is 0 Å². The van der Waals surface area contributed by atoms with Crippen LogP contribution in [0.3, 0.4) is 0 Å². The van der Waals surface area contributed by atoms with Crippen molar-refractivity contribution in [3.8, 4) is 0 Å². The molecule has 0 fully saturated rings. The van der Waals surface area contributed by atoms with Crippen molar-refractivity contribution in [2.45, 2.75) is 6.10 Å². The molecule has 0 aromatic rings. The summed E-state index contributed by atoms with van der Waals surface area (Å²) in [5.74, 6) is -0.935. The molecule has 0 heterocycles. The zero-order chi connectivity index (χ0) is 9.61. The van der Waals surface area contributed by atoms with Crippen LogP contribution in [0.1, 0.15) is 0 Å². The summed E-state index contributed by atoms with van der Waals surface area (Å²) in [7, 11) is -4.18. The Balaban J connectivity index is 3.53. The van der Waals surface area contributed by atoms with Crippen LogP contribution in [0.15, 0.2) is 0 Å². The van der Waals surface area contributed by atoms with Crippen LogP contribution in [-0.4, -0.2) is 40.9 Å². The quantitative estimate of drug-likeness (QED) is 0.177. The first-order valence-electron chi connectivity index (χ1n) is 2.68. The maximum Gasteiger partial charge on any atom is 0.267 e. The van der Waals surface area contributed by atoms with Crippen molar-refractivity contribution in [1.29, 1.82) is 0 Å². The second-order valence-corrected chi connectivity index (χ2v) is 4.03. The second kappa shape index (κ2) is 5.70. The third-order valence-corrected chi connectivity index (χ3v) is 2.23. The van der Waals surface area contributed by atoms with E-state index in [0.29, 0.717) is 12.0 Å². The number of hydrogen-bond donors (Lipinski definition) is 3. The van der Waals surface area contributed by atoms with E-state index < -0.39 is 22.0 Å². The molecule has 0 aliphatic heterocycles. The summed E-state index contributed by atoms with van der Waals surface area (Å²) in [6, 6.07) is 0. The van der Waals surface area contributed by atoms with Gasteiger partial charge in [-0.15, -0.1) is 4.33 Å². The molecule has 0 aromatic heterocycles. The first-order valence-corrected chi connectivity index (χ1v) is 5.20. The Bertz CT molecular complexity index is 199. The normalized spacial score (nSPS) is 14.6. The molecular weight excluding hydrogens is 212 g/mol. The van der Waals surface area contributed by atoms with Crippen LogP contribution >= 0.6 is 12.0 Å². The Morgan fingerprint density at radius 1 is 1.50 bits per heavy atom. The Hall–Kier alpha value is 0.1000. The van der Waals surface area contributed by atoms with E-state index in [1.165, 1.54) is 0 Å². The van der Waals surface area contributed by atoms with Gasteiger partial charge in [0.15, 0.2) is 0 Å². The summed E-state index contributed by atoms with van der Waals surface area (Å²) < 4.78 is 32.4. The van der Waals surface area contributed by atoms with Crippen LogP contribution in [0.2, 0.25) is 0 Å². The van der Waals surface area contributed by atoms with E-state index in [0.717, 1.165) is 0 Å². The zero-order valence-corrected chi connectivity index (χ0v) is 7.42. The highest BCUT2D eigenvalue weighted by Gasteiger charge is 2.14. The molecule has 3 N–H and O–H groups in total. The largest absolute Gasteiger partial charge is 0.391 e. The molecule has 0 radical (unpaired) electrons. The Morgan fingerprint density at radius 2 is 2.08 bits per heavy atom. The maximum absolute atomic E-state index is 10.1. The fourth-order valence-electron chi connectivity index (χ4n) is 0.419. The van der Waals surface area contributed by atoms with E-state index >= 15 is 0 Å². The Labute approximate surface area is 73.1 Å². The van der Waals surface area contributed by atoms with Gasteiger partial charge in [-0.2, -0.15) is 8.42 Å². The van der Waals surface area contributed by atoms with Crippen LogP contribution in [0.5, 0.6) is 0 Å². The minimum Gasteiger partial charge on any atom is -0.391 e. The van der Waals surface area contributed by atoms with Gasteiger partial charge in [0.2, 0.25) is 0 Å². The molecule has 0 spiro atoms. The fourth-order valence-corrected chi connectivity index (χ4v) is 1.55. The molecule has 1 atom stereocenters. The third kappa shape index (κ3) is 8.20. The van der Waals surface area contributed by atoms with Gasteiger partial charge in [-0.1, -0.05) is 5.04 Å². The molecule has 0 saturated carbocycles. The molecule has 0 saturated heterocycles. The first-order chi connectivity index (χ1) is 5.45. The lowest BCUT2D eigenvalue weighted by Gasteiger charge is -2.05. The Morgan fingerprint density at radius 3 is 2.50 bits per heavy atom. The van der Waals surface area contributed by atoms with Crippen molar-refractivity contribution in [3.63, 3.8) is 0 Å². The van der Waals surface area contributed by atoms with Crippen molar-refractivity contribution < 1.29 is 32.7 Å². The predicted octanol–water partition coefficient (Wildman–Crippen LogP) is -0.695. The van der Waals surface area contributed by atoms with Gasteiger partial charge in [-0.25, -0.2) is 5.26 Å². The van der Waals surface area contributed by atoms with E-state index in [9.17, 15) is 8.42 Å². The minimum atomic E-state index is -4.18. The molecule has 7 nitrogen and oxygen atoms in total. The van der Waals surface area contributed by atoms with Gasteiger partial charge in [-0.3, -0.25) is 4.55 Å². The summed E-state index contributed by atoms with van der Waals surface area (Å²) in [5, 5.41) is 19.6. The van der Waals surface area contributed by atoms with Crippen molar-refractivity contribution in [3.05, 3.63) is 0 Å². The van der Waals surface area contributed by atoms with Crippen molar-refractivity contribution in [2.75, 3.05) is 11.5 Å². The smallest absolute Gasteiger partial charge is 0.267 e. The van der Waals surface area contributed by atoms with E-state index in [4.69, 9.17) is 14.9 Å². The van der Waals surface area contributed by atoms with Crippen LogP contribution in [0, 0.1) is 0 Å². The molecule has 0 rings (SSSR count). The summed E-state index contributed by atoms with van der Waals surface area (Å²) in [4.78, 5) is 0. The van der Waals surface area contributed by atoms with Gasteiger partial charge < -0.3 is 5.11 Å². The lowest BCUT2D eigenvalue weighted by Crippen LogP contribution is -2.22. The SMILES string of the molecule is O=S(=O)(O)CC(O)CSOOO. The third-order valence-electron chi connectivity index (χ3n) is 0.742. The van der Waals surface area contributed by atoms with Gasteiger partial charge in [0, 0.05) is 12.0 Å². The highest BCUT2D eigenvalue weighted by atomic mass is 32.2. The molecule has 0 aliphatic carbocycles. The second-order valence-electron chi connectivity index (χ2n) is 1.83. The lowest BCUT2D eigenvalue weighted by molar-refractivity contribution is -0.432. The molecule has 9 heteroatoms. The van der Waals surface area contributed by atoms with Crippen molar-refractivity contribution in [2.24, 2.45) is 0 Å².